The number of fused-ring (bicyclic) bond motifs is 1. The summed E-state index contributed by atoms with van der Waals surface area (Å²) in [6.45, 7) is 3.08. The van der Waals surface area contributed by atoms with E-state index in [1.165, 1.54) is 10.5 Å². The van der Waals surface area contributed by atoms with Gasteiger partial charge in [0.05, 0.1) is 18.7 Å². The number of likely N-dealkylation sites (tertiary alicyclic amines) is 1. The quantitative estimate of drug-likeness (QED) is 0.795. The maximum Gasteiger partial charge on any atom is 0.240 e. The van der Waals surface area contributed by atoms with Crippen LogP contribution in [0.5, 0.6) is 5.75 Å². The number of carbonyl (C=O) groups excluding carboxylic acids is 2. The first-order chi connectivity index (χ1) is 14.6. The van der Waals surface area contributed by atoms with Crippen molar-refractivity contribution in [1.82, 2.24) is 10.2 Å². The Balaban J connectivity index is 1.29. The molecule has 1 fully saturated rings. The highest BCUT2D eigenvalue weighted by atomic mass is 35.5. The van der Waals surface area contributed by atoms with Crippen molar-refractivity contribution in [2.75, 3.05) is 31.1 Å². The molecule has 0 atom stereocenters. The van der Waals surface area contributed by atoms with Gasteiger partial charge in [-0.3, -0.25) is 19.4 Å². The van der Waals surface area contributed by atoms with Crippen LogP contribution in [-0.2, 0) is 16.1 Å². The van der Waals surface area contributed by atoms with Crippen molar-refractivity contribution >= 4 is 29.1 Å². The van der Waals surface area contributed by atoms with Gasteiger partial charge in [-0.25, -0.2) is 0 Å². The third kappa shape index (κ3) is 5.12. The standard InChI is InChI=1S/C23H26ClN3O3/c24-18-7-5-17(6-8-18)15-26-12-9-19(10-13-26)25-22(28)16-27-20-3-1-2-4-21(20)30-14-11-23(27)29/h1-8,19H,9-16H2,(H,25,28). The summed E-state index contributed by atoms with van der Waals surface area (Å²) in [5.74, 6) is 0.427. The molecule has 0 bridgehead atoms. The molecule has 2 amide bonds. The average molecular weight is 428 g/mol. The van der Waals surface area contributed by atoms with Crippen molar-refractivity contribution in [3.05, 3.63) is 59.1 Å². The topological polar surface area (TPSA) is 61.9 Å². The Kier molecular flexibility index (Phi) is 6.55. The van der Waals surface area contributed by atoms with Crippen molar-refractivity contribution in [2.24, 2.45) is 0 Å². The molecule has 0 aliphatic carbocycles. The van der Waals surface area contributed by atoms with Gasteiger partial charge in [0.15, 0.2) is 0 Å². The number of anilines is 1. The largest absolute Gasteiger partial charge is 0.491 e. The third-order valence-electron chi connectivity index (χ3n) is 5.60. The summed E-state index contributed by atoms with van der Waals surface area (Å²) in [6, 6.07) is 15.4. The van der Waals surface area contributed by atoms with Crippen LogP contribution in [0, 0.1) is 0 Å². The molecule has 0 unspecified atom stereocenters. The summed E-state index contributed by atoms with van der Waals surface area (Å²) in [7, 11) is 0. The van der Waals surface area contributed by atoms with Gasteiger partial charge in [-0.05, 0) is 42.7 Å². The summed E-state index contributed by atoms with van der Waals surface area (Å²) >= 11 is 5.95. The molecule has 2 aromatic carbocycles. The first kappa shape index (κ1) is 20.7. The fraction of sp³-hybridized carbons (Fsp3) is 0.391. The molecule has 4 rings (SSSR count). The Morgan fingerprint density at radius 2 is 1.83 bits per heavy atom. The van der Waals surface area contributed by atoms with Gasteiger partial charge < -0.3 is 10.1 Å². The lowest BCUT2D eigenvalue weighted by atomic mass is 10.0. The van der Waals surface area contributed by atoms with Crippen LogP contribution in [0.1, 0.15) is 24.8 Å². The van der Waals surface area contributed by atoms with E-state index in [-0.39, 0.29) is 30.8 Å². The molecule has 2 heterocycles. The van der Waals surface area contributed by atoms with E-state index in [2.05, 4.69) is 22.3 Å². The predicted octanol–water partition coefficient (Wildman–Crippen LogP) is 3.24. The Morgan fingerprint density at radius 1 is 1.10 bits per heavy atom. The van der Waals surface area contributed by atoms with Crippen LogP contribution in [0.3, 0.4) is 0 Å². The van der Waals surface area contributed by atoms with Crippen molar-refractivity contribution in [1.29, 1.82) is 0 Å². The predicted molar refractivity (Wildman–Crippen MR) is 117 cm³/mol. The van der Waals surface area contributed by atoms with Crippen molar-refractivity contribution in [2.45, 2.75) is 31.8 Å². The van der Waals surface area contributed by atoms with E-state index in [0.717, 1.165) is 37.5 Å². The van der Waals surface area contributed by atoms with Gasteiger partial charge >= 0.3 is 0 Å². The lowest BCUT2D eigenvalue weighted by molar-refractivity contribution is -0.124. The first-order valence-corrected chi connectivity index (χ1v) is 10.7. The van der Waals surface area contributed by atoms with Gasteiger partial charge in [0, 0.05) is 30.7 Å². The number of amides is 2. The fourth-order valence-corrected chi connectivity index (χ4v) is 4.12. The number of hydrogen-bond acceptors (Lipinski definition) is 4. The number of carbonyl (C=O) groups is 2. The molecule has 0 radical (unpaired) electrons. The monoisotopic (exact) mass is 427 g/mol. The number of ether oxygens (including phenoxy) is 1. The molecule has 7 heteroatoms. The van der Waals surface area contributed by atoms with E-state index in [4.69, 9.17) is 16.3 Å². The fourth-order valence-electron chi connectivity index (χ4n) is 3.99. The smallest absolute Gasteiger partial charge is 0.240 e. The van der Waals surface area contributed by atoms with Gasteiger partial charge in [-0.15, -0.1) is 0 Å². The van der Waals surface area contributed by atoms with Crippen LogP contribution in [0.25, 0.3) is 0 Å². The van der Waals surface area contributed by atoms with Gasteiger partial charge in [0.25, 0.3) is 0 Å². The Morgan fingerprint density at radius 3 is 2.60 bits per heavy atom. The molecular weight excluding hydrogens is 402 g/mol. The number of nitrogens with one attached hydrogen (secondary N) is 1. The van der Waals surface area contributed by atoms with E-state index in [1.807, 2.05) is 36.4 Å². The van der Waals surface area contributed by atoms with Crippen LogP contribution in [-0.4, -0.2) is 49.0 Å². The zero-order chi connectivity index (χ0) is 20.9. The molecule has 6 nitrogen and oxygen atoms in total. The highest BCUT2D eigenvalue weighted by Gasteiger charge is 2.27. The van der Waals surface area contributed by atoms with Gasteiger partial charge in [0.2, 0.25) is 11.8 Å². The average Bonchev–Trinajstić information content (AvgIpc) is 2.90. The molecule has 2 aliphatic heterocycles. The summed E-state index contributed by atoms with van der Waals surface area (Å²) < 4.78 is 5.64. The highest BCUT2D eigenvalue weighted by Crippen LogP contribution is 2.30. The Hall–Kier alpha value is -2.57. The number of hydrogen-bond donors (Lipinski definition) is 1. The second-order valence-electron chi connectivity index (χ2n) is 7.79. The number of para-hydroxylation sites is 2. The van der Waals surface area contributed by atoms with Crippen molar-refractivity contribution in [3.63, 3.8) is 0 Å². The first-order valence-electron chi connectivity index (χ1n) is 10.4. The maximum absolute atomic E-state index is 12.7. The molecular formula is C23H26ClN3O3. The van der Waals surface area contributed by atoms with Crippen molar-refractivity contribution in [3.8, 4) is 5.75 Å². The SMILES string of the molecule is O=C(CN1C(=O)CCOc2ccccc21)NC1CCN(Cc2ccc(Cl)cc2)CC1. The molecule has 158 valence electrons. The summed E-state index contributed by atoms with van der Waals surface area (Å²) in [4.78, 5) is 29.1. The molecule has 0 saturated carbocycles. The van der Waals surface area contributed by atoms with E-state index < -0.39 is 0 Å². The van der Waals surface area contributed by atoms with Gasteiger partial charge in [-0.1, -0.05) is 35.9 Å². The highest BCUT2D eigenvalue weighted by molar-refractivity contribution is 6.30. The molecule has 0 spiro atoms. The summed E-state index contributed by atoms with van der Waals surface area (Å²) in [6.07, 6.45) is 2.06. The normalized spacial score (nSPS) is 17.8. The third-order valence-corrected chi connectivity index (χ3v) is 5.86. The van der Waals surface area contributed by atoms with Crippen LogP contribution < -0.4 is 15.0 Å². The summed E-state index contributed by atoms with van der Waals surface area (Å²) in [5.41, 5.74) is 1.90. The second-order valence-corrected chi connectivity index (χ2v) is 8.23. The zero-order valence-corrected chi connectivity index (χ0v) is 17.6. The van der Waals surface area contributed by atoms with Crippen LogP contribution >= 0.6 is 11.6 Å². The molecule has 2 aliphatic rings. The lowest BCUT2D eigenvalue weighted by Gasteiger charge is -2.33. The summed E-state index contributed by atoms with van der Waals surface area (Å²) in [5, 5.41) is 3.86. The van der Waals surface area contributed by atoms with Gasteiger partial charge in [0.1, 0.15) is 12.3 Å². The van der Waals surface area contributed by atoms with Gasteiger partial charge in [-0.2, -0.15) is 0 Å². The minimum Gasteiger partial charge on any atom is -0.491 e. The second kappa shape index (κ2) is 9.49. The Labute approximate surface area is 181 Å². The van der Waals surface area contributed by atoms with E-state index in [9.17, 15) is 9.59 Å². The number of benzene rings is 2. The minimum absolute atomic E-state index is 0.0181. The van der Waals surface area contributed by atoms with Crippen LogP contribution in [0.4, 0.5) is 5.69 Å². The zero-order valence-electron chi connectivity index (χ0n) is 16.9. The lowest BCUT2D eigenvalue weighted by Crippen LogP contribution is -2.48. The molecule has 30 heavy (non-hydrogen) atoms. The maximum atomic E-state index is 12.7. The van der Waals surface area contributed by atoms with Crippen LogP contribution in [0.15, 0.2) is 48.5 Å². The number of rotatable bonds is 5. The number of nitrogens with zero attached hydrogens (tertiary/aromatic N) is 2. The van der Waals surface area contributed by atoms with E-state index in [0.29, 0.717) is 18.0 Å². The van der Waals surface area contributed by atoms with Crippen LogP contribution in [0.2, 0.25) is 5.02 Å². The number of piperidine rings is 1. The van der Waals surface area contributed by atoms with Crippen molar-refractivity contribution < 1.29 is 14.3 Å². The molecule has 1 N–H and O–H groups in total. The molecule has 1 saturated heterocycles. The number of halogens is 1. The molecule has 0 aromatic heterocycles. The van der Waals surface area contributed by atoms with E-state index in [1.54, 1.807) is 0 Å². The van der Waals surface area contributed by atoms with E-state index >= 15 is 0 Å². The Bertz CT molecular complexity index is 895. The minimum atomic E-state index is -0.129. The molecule has 2 aromatic rings.